The number of hydrogen-bond acceptors (Lipinski definition) is 5. The Kier molecular flexibility index (Phi) is 3.20. The van der Waals surface area contributed by atoms with Gasteiger partial charge in [-0.3, -0.25) is 10.1 Å². The van der Waals surface area contributed by atoms with Gasteiger partial charge in [-0.25, -0.2) is 0 Å². The first-order valence-corrected chi connectivity index (χ1v) is 7.85. The number of H-pyrrole nitrogens is 1. The summed E-state index contributed by atoms with van der Waals surface area (Å²) in [5.74, 6) is 0.109. The normalized spacial score (nSPS) is 11.0. The number of aromatic nitrogens is 3. The molecular formula is C16H12N4O2S. The van der Waals surface area contributed by atoms with Gasteiger partial charge in [-0.1, -0.05) is 23.3 Å². The number of benzene rings is 1. The minimum absolute atomic E-state index is 0.0846. The summed E-state index contributed by atoms with van der Waals surface area (Å²) in [5.41, 5.74) is 2.57. The molecule has 0 fully saturated rings. The van der Waals surface area contributed by atoms with Crippen LogP contribution in [0.15, 0.2) is 46.3 Å². The SMILES string of the molecule is Cc1csc(-c2nnc(NC(=O)c3c[nH]c4ccccc34)o2)c1. The Morgan fingerprint density at radius 2 is 2.17 bits per heavy atom. The predicted molar refractivity (Wildman–Crippen MR) is 88.6 cm³/mol. The van der Waals surface area contributed by atoms with Crippen LogP contribution in [0, 0.1) is 6.92 Å². The Balaban J connectivity index is 1.58. The minimum Gasteiger partial charge on any atom is -0.402 e. The maximum Gasteiger partial charge on any atom is 0.322 e. The van der Waals surface area contributed by atoms with Crippen LogP contribution >= 0.6 is 11.3 Å². The molecule has 0 radical (unpaired) electrons. The van der Waals surface area contributed by atoms with Gasteiger partial charge in [-0.2, -0.15) is 0 Å². The summed E-state index contributed by atoms with van der Waals surface area (Å²) in [7, 11) is 0. The van der Waals surface area contributed by atoms with Crippen LogP contribution in [0.3, 0.4) is 0 Å². The molecule has 3 heterocycles. The fourth-order valence-corrected chi connectivity index (χ4v) is 3.16. The van der Waals surface area contributed by atoms with Crippen molar-refractivity contribution in [2.24, 2.45) is 0 Å². The summed E-state index contributed by atoms with van der Waals surface area (Å²) in [6.45, 7) is 2.00. The predicted octanol–water partition coefficient (Wildman–Crippen LogP) is 3.84. The van der Waals surface area contributed by atoms with E-state index in [1.54, 1.807) is 6.20 Å². The summed E-state index contributed by atoms with van der Waals surface area (Å²) in [4.78, 5) is 16.3. The summed E-state index contributed by atoms with van der Waals surface area (Å²) < 4.78 is 5.51. The molecule has 2 N–H and O–H groups in total. The van der Waals surface area contributed by atoms with E-state index < -0.39 is 0 Å². The molecule has 1 aromatic carbocycles. The average Bonchev–Trinajstić information content (AvgIpc) is 3.25. The van der Waals surface area contributed by atoms with Crippen molar-refractivity contribution in [2.45, 2.75) is 6.92 Å². The van der Waals surface area contributed by atoms with Crippen LogP contribution in [0.4, 0.5) is 6.01 Å². The van der Waals surface area contributed by atoms with Crippen LogP contribution in [0.2, 0.25) is 0 Å². The Morgan fingerprint density at radius 1 is 1.30 bits per heavy atom. The highest BCUT2D eigenvalue weighted by atomic mass is 32.1. The first-order chi connectivity index (χ1) is 11.2. The molecule has 114 valence electrons. The minimum atomic E-state index is -0.292. The molecule has 4 aromatic rings. The van der Waals surface area contributed by atoms with Gasteiger partial charge in [-0.05, 0) is 30.0 Å². The van der Waals surface area contributed by atoms with Crippen molar-refractivity contribution in [3.05, 3.63) is 53.0 Å². The third-order valence-corrected chi connectivity index (χ3v) is 4.46. The number of rotatable bonds is 3. The molecule has 0 aliphatic heterocycles. The van der Waals surface area contributed by atoms with Crippen molar-refractivity contribution in [2.75, 3.05) is 5.32 Å². The van der Waals surface area contributed by atoms with Gasteiger partial charge in [0.1, 0.15) is 0 Å². The van der Waals surface area contributed by atoms with E-state index in [1.165, 1.54) is 11.3 Å². The average molecular weight is 324 g/mol. The van der Waals surface area contributed by atoms with Gasteiger partial charge >= 0.3 is 6.01 Å². The molecule has 0 unspecified atom stereocenters. The molecule has 0 saturated heterocycles. The maximum absolute atomic E-state index is 12.4. The lowest BCUT2D eigenvalue weighted by atomic mass is 10.2. The standard InChI is InChI=1S/C16H12N4O2S/c1-9-6-13(23-8-9)15-19-20-16(22-15)18-14(21)11-7-17-12-5-3-2-4-10(11)12/h2-8,17H,1H3,(H,18,20,21). The Morgan fingerprint density at radius 3 is 3.00 bits per heavy atom. The third-order valence-electron chi connectivity index (χ3n) is 3.42. The molecule has 0 bridgehead atoms. The second-order valence-electron chi connectivity index (χ2n) is 5.10. The molecule has 6 nitrogen and oxygen atoms in total. The van der Waals surface area contributed by atoms with E-state index in [1.807, 2.05) is 42.6 Å². The maximum atomic E-state index is 12.4. The van der Waals surface area contributed by atoms with Crippen molar-refractivity contribution in [3.8, 4) is 10.8 Å². The molecule has 1 amide bonds. The lowest BCUT2D eigenvalue weighted by Gasteiger charge is -1.98. The molecule has 4 rings (SSSR count). The number of aromatic amines is 1. The Hall–Kier alpha value is -2.93. The Bertz CT molecular complexity index is 998. The number of anilines is 1. The number of amides is 1. The fraction of sp³-hybridized carbons (Fsp3) is 0.0625. The first-order valence-electron chi connectivity index (χ1n) is 6.97. The number of hydrogen-bond donors (Lipinski definition) is 2. The number of thiophene rings is 1. The zero-order valence-corrected chi connectivity index (χ0v) is 13.0. The molecular weight excluding hydrogens is 312 g/mol. The van der Waals surface area contributed by atoms with Gasteiger partial charge in [-0.15, -0.1) is 16.4 Å². The number of aryl methyl sites for hydroxylation is 1. The van der Waals surface area contributed by atoms with Gasteiger partial charge in [0.25, 0.3) is 11.8 Å². The van der Waals surface area contributed by atoms with Crippen LogP contribution in [0.1, 0.15) is 15.9 Å². The quantitative estimate of drug-likeness (QED) is 0.599. The smallest absolute Gasteiger partial charge is 0.322 e. The molecule has 0 spiro atoms. The summed E-state index contributed by atoms with van der Waals surface area (Å²) >= 11 is 1.52. The van der Waals surface area contributed by atoms with Crippen molar-refractivity contribution in [3.63, 3.8) is 0 Å². The molecule has 0 aliphatic carbocycles. The molecule has 0 atom stereocenters. The summed E-state index contributed by atoms with van der Waals surface area (Å²) in [5, 5.41) is 13.3. The van der Waals surface area contributed by atoms with Crippen molar-refractivity contribution >= 4 is 34.2 Å². The number of carbonyl (C=O) groups excluding carboxylic acids is 1. The van der Waals surface area contributed by atoms with E-state index in [-0.39, 0.29) is 11.9 Å². The monoisotopic (exact) mass is 324 g/mol. The lowest BCUT2D eigenvalue weighted by molar-refractivity contribution is 0.102. The van der Waals surface area contributed by atoms with Gasteiger partial charge in [0.2, 0.25) is 0 Å². The second-order valence-corrected chi connectivity index (χ2v) is 6.01. The second kappa shape index (κ2) is 5.36. The molecule has 0 aliphatic rings. The van der Waals surface area contributed by atoms with Gasteiger partial charge in [0.05, 0.1) is 10.4 Å². The fourth-order valence-electron chi connectivity index (χ4n) is 2.34. The highest BCUT2D eigenvalue weighted by Gasteiger charge is 2.16. The molecule has 7 heteroatoms. The Labute approximate surface area is 135 Å². The van der Waals surface area contributed by atoms with E-state index in [2.05, 4.69) is 20.5 Å². The van der Waals surface area contributed by atoms with Crippen LogP contribution < -0.4 is 5.32 Å². The van der Waals surface area contributed by atoms with Gasteiger partial charge < -0.3 is 9.40 Å². The number of nitrogens with one attached hydrogen (secondary N) is 2. The third kappa shape index (κ3) is 2.51. The molecule has 23 heavy (non-hydrogen) atoms. The highest BCUT2D eigenvalue weighted by molar-refractivity contribution is 7.13. The topological polar surface area (TPSA) is 83.8 Å². The van der Waals surface area contributed by atoms with E-state index in [9.17, 15) is 4.79 Å². The van der Waals surface area contributed by atoms with E-state index in [0.29, 0.717) is 11.5 Å². The number of fused-ring (bicyclic) bond motifs is 1. The van der Waals surface area contributed by atoms with Crippen LogP contribution in [-0.2, 0) is 0 Å². The zero-order valence-electron chi connectivity index (χ0n) is 12.2. The molecule has 0 saturated carbocycles. The highest BCUT2D eigenvalue weighted by Crippen LogP contribution is 2.27. The number of para-hydroxylation sites is 1. The van der Waals surface area contributed by atoms with E-state index in [4.69, 9.17) is 4.42 Å². The molecule has 3 aromatic heterocycles. The first kappa shape index (κ1) is 13.7. The van der Waals surface area contributed by atoms with E-state index >= 15 is 0 Å². The zero-order chi connectivity index (χ0) is 15.8. The number of carbonyl (C=O) groups is 1. The van der Waals surface area contributed by atoms with E-state index in [0.717, 1.165) is 21.3 Å². The lowest BCUT2D eigenvalue weighted by Crippen LogP contribution is -2.11. The van der Waals surface area contributed by atoms with Gasteiger partial charge in [0, 0.05) is 17.1 Å². The van der Waals surface area contributed by atoms with Gasteiger partial charge in [0.15, 0.2) is 0 Å². The largest absolute Gasteiger partial charge is 0.402 e. The van der Waals surface area contributed by atoms with Crippen LogP contribution in [0.25, 0.3) is 21.7 Å². The van der Waals surface area contributed by atoms with Crippen molar-refractivity contribution < 1.29 is 9.21 Å². The van der Waals surface area contributed by atoms with Crippen molar-refractivity contribution in [1.29, 1.82) is 0 Å². The van der Waals surface area contributed by atoms with Crippen LogP contribution in [-0.4, -0.2) is 21.1 Å². The van der Waals surface area contributed by atoms with Crippen molar-refractivity contribution in [1.82, 2.24) is 15.2 Å². The summed E-state index contributed by atoms with van der Waals surface area (Å²) in [6.07, 6.45) is 1.67. The van der Waals surface area contributed by atoms with Crippen LogP contribution in [0.5, 0.6) is 0 Å². The summed E-state index contributed by atoms with van der Waals surface area (Å²) in [6, 6.07) is 9.64. The number of nitrogens with zero attached hydrogens (tertiary/aromatic N) is 2.